The molecule has 1 fully saturated rings. The number of amides is 1. The highest BCUT2D eigenvalue weighted by Gasteiger charge is 2.26. The van der Waals surface area contributed by atoms with Crippen molar-refractivity contribution in [1.82, 2.24) is 4.90 Å². The second-order valence-electron chi connectivity index (χ2n) is 6.50. The third-order valence-electron chi connectivity index (χ3n) is 4.85. The van der Waals surface area contributed by atoms with Crippen LogP contribution in [0.4, 0.5) is 0 Å². The van der Waals surface area contributed by atoms with Crippen LogP contribution < -0.4 is 0 Å². The van der Waals surface area contributed by atoms with Crippen LogP contribution in [-0.4, -0.2) is 37.5 Å². The van der Waals surface area contributed by atoms with E-state index in [0.717, 1.165) is 38.8 Å². The first kappa shape index (κ1) is 23.0. The van der Waals surface area contributed by atoms with Crippen molar-refractivity contribution in [2.75, 3.05) is 13.1 Å². The van der Waals surface area contributed by atoms with Gasteiger partial charge < -0.3 is 14.5 Å². The van der Waals surface area contributed by atoms with Crippen LogP contribution >= 0.6 is 0 Å². The lowest BCUT2D eigenvalue weighted by Crippen LogP contribution is -2.40. The van der Waals surface area contributed by atoms with Crippen LogP contribution in [0.2, 0.25) is 0 Å². The van der Waals surface area contributed by atoms with E-state index in [0.29, 0.717) is 11.8 Å². The number of hydrogen-bond donors (Lipinski definition) is 0. The van der Waals surface area contributed by atoms with E-state index in [2.05, 4.69) is 49.9 Å². The number of hydrogen-bond acceptors (Lipinski definition) is 3. The minimum absolute atomic E-state index is 0.194. The summed E-state index contributed by atoms with van der Waals surface area (Å²) in [7, 11) is 0. The summed E-state index contributed by atoms with van der Waals surface area (Å²) in [5.41, 5.74) is 2.86. The molecule has 0 N–H and O–H groups in total. The molecule has 0 aromatic heterocycles. The van der Waals surface area contributed by atoms with Gasteiger partial charge in [0, 0.05) is 19.0 Å². The van der Waals surface area contributed by atoms with Crippen LogP contribution in [0.1, 0.15) is 63.0 Å². The Kier molecular flexibility index (Phi) is 12.3. The van der Waals surface area contributed by atoms with Crippen LogP contribution in [0.25, 0.3) is 0 Å². The number of rotatable bonds is 5. The molecule has 1 saturated heterocycles. The Morgan fingerprint density at radius 2 is 1.72 bits per heavy atom. The number of unbranched alkanes of at least 4 members (excludes halogenated alkanes) is 1. The standard InChI is InChI=1S/C19H29NO.2CH2O/c1-4-5-8-16(3)19(21)20-13-11-17(12-14-20)18-10-7-6-9-15(18)2;2*1-2/h6-7,9-10,16-17H,4-5,8,11-14H2,1-3H3;2*1H2. The predicted molar refractivity (Wildman–Crippen MR) is 103 cm³/mol. The van der Waals surface area contributed by atoms with E-state index in [-0.39, 0.29) is 5.92 Å². The molecule has 1 aromatic rings. The highest BCUT2D eigenvalue weighted by Crippen LogP contribution is 2.30. The van der Waals surface area contributed by atoms with E-state index in [1.165, 1.54) is 17.5 Å². The molecular weight excluding hydrogens is 314 g/mol. The third kappa shape index (κ3) is 7.20. The Labute approximate surface area is 152 Å². The molecule has 0 radical (unpaired) electrons. The average molecular weight is 347 g/mol. The minimum Gasteiger partial charge on any atom is -0.342 e. The van der Waals surface area contributed by atoms with E-state index in [9.17, 15) is 4.79 Å². The summed E-state index contributed by atoms with van der Waals surface area (Å²) in [5, 5.41) is 0. The third-order valence-corrected chi connectivity index (χ3v) is 4.85. The molecular formula is C21H33NO3. The van der Waals surface area contributed by atoms with Gasteiger partial charge in [-0.25, -0.2) is 0 Å². The number of likely N-dealkylation sites (tertiary alicyclic amines) is 1. The molecule has 0 saturated carbocycles. The van der Waals surface area contributed by atoms with E-state index in [1.54, 1.807) is 0 Å². The Morgan fingerprint density at radius 1 is 1.16 bits per heavy atom. The zero-order chi connectivity index (χ0) is 19.2. The number of nitrogens with zero attached hydrogens (tertiary/aromatic N) is 1. The van der Waals surface area contributed by atoms with Crippen molar-refractivity contribution in [3.05, 3.63) is 35.4 Å². The summed E-state index contributed by atoms with van der Waals surface area (Å²) in [6.45, 7) is 12.3. The highest BCUT2D eigenvalue weighted by molar-refractivity contribution is 5.78. The second-order valence-corrected chi connectivity index (χ2v) is 6.50. The van der Waals surface area contributed by atoms with Crippen molar-refractivity contribution in [2.24, 2.45) is 5.92 Å². The smallest absolute Gasteiger partial charge is 0.225 e. The number of aryl methyl sites for hydroxylation is 1. The summed E-state index contributed by atoms with van der Waals surface area (Å²) in [6, 6.07) is 8.68. The van der Waals surface area contributed by atoms with Crippen molar-refractivity contribution >= 4 is 19.5 Å². The van der Waals surface area contributed by atoms with Gasteiger partial charge in [0.2, 0.25) is 5.91 Å². The summed E-state index contributed by atoms with van der Waals surface area (Å²) in [5.74, 6) is 1.19. The number of carbonyl (C=O) groups excluding carboxylic acids is 3. The second kappa shape index (κ2) is 13.3. The zero-order valence-electron chi connectivity index (χ0n) is 16.0. The largest absolute Gasteiger partial charge is 0.342 e. The zero-order valence-corrected chi connectivity index (χ0v) is 16.0. The summed E-state index contributed by atoms with van der Waals surface area (Å²) < 4.78 is 0. The van der Waals surface area contributed by atoms with Crippen LogP contribution in [0, 0.1) is 12.8 Å². The first-order valence-electron chi connectivity index (χ1n) is 9.05. The molecule has 2 rings (SSSR count). The molecule has 140 valence electrons. The van der Waals surface area contributed by atoms with Gasteiger partial charge in [-0.15, -0.1) is 0 Å². The van der Waals surface area contributed by atoms with Crippen LogP contribution in [0.15, 0.2) is 24.3 Å². The molecule has 0 aliphatic carbocycles. The Bertz CT molecular complexity index is 494. The molecule has 4 nitrogen and oxygen atoms in total. The molecule has 1 aliphatic heterocycles. The van der Waals surface area contributed by atoms with Crippen molar-refractivity contribution in [2.45, 2.75) is 58.8 Å². The fourth-order valence-electron chi connectivity index (χ4n) is 3.40. The highest BCUT2D eigenvalue weighted by atomic mass is 16.2. The molecule has 1 atom stereocenters. The van der Waals surface area contributed by atoms with Gasteiger partial charge in [-0.1, -0.05) is 51.0 Å². The van der Waals surface area contributed by atoms with E-state index in [1.807, 2.05) is 13.6 Å². The Morgan fingerprint density at radius 3 is 2.24 bits per heavy atom. The normalized spacial score (nSPS) is 15.2. The maximum atomic E-state index is 12.4. The number of benzene rings is 1. The molecule has 1 heterocycles. The molecule has 1 unspecified atom stereocenters. The fraction of sp³-hybridized carbons (Fsp3) is 0.571. The number of carbonyl (C=O) groups is 3. The van der Waals surface area contributed by atoms with E-state index in [4.69, 9.17) is 9.59 Å². The lowest BCUT2D eigenvalue weighted by Gasteiger charge is -2.34. The topological polar surface area (TPSA) is 54.5 Å². The van der Waals surface area contributed by atoms with Crippen LogP contribution in [-0.2, 0) is 14.4 Å². The summed E-state index contributed by atoms with van der Waals surface area (Å²) in [6.07, 6.45) is 5.58. The molecule has 4 heteroatoms. The molecule has 1 aromatic carbocycles. The van der Waals surface area contributed by atoms with Crippen molar-refractivity contribution in [1.29, 1.82) is 0 Å². The van der Waals surface area contributed by atoms with Crippen molar-refractivity contribution < 1.29 is 14.4 Å². The summed E-state index contributed by atoms with van der Waals surface area (Å²) >= 11 is 0. The predicted octanol–water partition coefficient (Wildman–Crippen LogP) is 4.16. The van der Waals surface area contributed by atoms with Gasteiger partial charge in [-0.3, -0.25) is 4.79 Å². The van der Waals surface area contributed by atoms with E-state index >= 15 is 0 Å². The molecule has 0 spiro atoms. The van der Waals surface area contributed by atoms with Gasteiger partial charge in [-0.05, 0) is 43.2 Å². The Hall–Kier alpha value is -1.97. The lowest BCUT2D eigenvalue weighted by molar-refractivity contribution is -0.136. The van der Waals surface area contributed by atoms with Crippen molar-refractivity contribution in [3.63, 3.8) is 0 Å². The molecule has 0 bridgehead atoms. The van der Waals surface area contributed by atoms with Gasteiger partial charge in [0.05, 0.1) is 0 Å². The fourth-order valence-corrected chi connectivity index (χ4v) is 3.40. The monoisotopic (exact) mass is 347 g/mol. The van der Waals surface area contributed by atoms with Gasteiger partial charge >= 0.3 is 0 Å². The quantitative estimate of drug-likeness (QED) is 0.804. The van der Waals surface area contributed by atoms with Gasteiger partial charge in [0.1, 0.15) is 13.6 Å². The van der Waals surface area contributed by atoms with Crippen LogP contribution in [0.3, 0.4) is 0 Å². The minimum atomic E-state index is 0.194. The average Bonchev–Trinajstić information content (AvgIpc) is 2.69. The van der Waals surface area contributed by atoms with Crippen LogP contribution in [0.5, 0.6) is 0 Å². The lowest BCUT2D eigenvalue weighted by atomic mass is 9.86. The maximum absolute atomic E-state index is 12.4. The molecule has 1 amide bonds. The maximum Gasteiger partial charge on any atom is 0.225 e. The number of piperidine rings is 1. The first-order valence-corrected chi connectivity index (χ1v) is 9.05. The molecule has 1 aliphatic rings. The molecule has 25 heavy (non-hydrogen) atoms. The summed E-state index contributed by atoms with van der Waals surface area (Å²) in [4.78, 5) is 30.5. The Balaban J connectivity index is 0.00000134. The first-order chi connectivity index (χ1) is 12.1. The van der Waals surface area contributed by atoms with Gasteiger partial charge in [0.25, 0.3) is 0 Å². The van der Waals surface area contributed by atoms with E-state index < -0.39 is 0 Å². The SMILES string of the molecule is C=O.C=O.CCCCC(C)C(=O)N1CCC(c2ccccc2C)CC1. The van der Waals surface area contributed by atoms with Gasteiger partial charge in [0.15, 0.2) is 0 Å². The van der Waals surface area contributed by atoms with Crippen molar-refractivity contribution in [3.8, 4) is 0 Å². The van der Waals surface area contributed by atoms with Gasteiger partial charge in [-0.2, -0.15) is 0 Å².